The van der Waals surface area contributed by atoms with Gasteiger partial charge in [-0.2, -0.15) is 0 Å². The van der Waals surface area contributed by atoms with Gasteiger partial charge in [-0.15, -0.1) is 5.10 Å². The third-order valence-corrected chi connectivity index (χ3v) is 6.18. The number of aryl methyl sites for hydroxylation is 2. The number of pyridine rings is 2. The molecule has 32 heavy (non-hydrogen) atoms. The van der Waals surface area contributed by atoms with Gasteiger partial charge in [-0.05, 0) is 44.7 Å². The van der Waals surface area contributed by atoms with Gasteiger partial charge < -0.3 is 4.90 Å². The van der Waals surface area contributed by atoms with Crippen LogP contribution in [0.1, 0.15) is 33.5 Å². The molecule has 0 saturated carbocycles. The van der Waals surface area contributed by atoms with Gasteiger partial charge in [0, 0.05) is 37.1 Å². The van der Waals surface area contributed by atoms with Crippen molar-refractivity contribution in [3.63, 3.8) is 0 Å². The summed E-state index contributed by atoms with van der Waals surface area (Å²) in [6, 6.07) is 18.2. The summed E-state index contributed by atoms with van der Waals surface area (Å²) in [7, 11) is 2.07. The molecule has 1 fully saturated rings. The monoisotopic (exact) mass is 426 g/mol. The predicted octanol–water partition coefficient (Wildman–Crippen LogP) is 3.54. The fourth-order valence-corrected chi connectivity index (χ4v) is 4.25. The molecule has 3 aromatic heterocycles. The van der Waals surface area contributed by atoms with Gasteiger partial charge in [-0.25, -0.2) is 9.50 Å². The van der Waals surface area contributed by atoms with Crippen LogP contribution in [-0.4, -0.2) is 62.2 Å². The highest BCUT2D eigenvalue weighted by Crippen LogP contribution is 2.28. The number of likely N-dealkylation sites (N-methyl/N-ethyl adjacent to an activating group) is 1. The Balaban J connectivity index is 1.43. The van der Waals surface area contributed by atoms with Gasteiger partial charge in [0.15, 0.2) is 0 Å². The Morgan fingerprint density at radius 1 is 0.969 bits per heavy atom. The molecule has 162 valence electrons. The molecule has 0 spiro atoms. The molecule has 0 unspecified atom stereocenters. The van der Waals surface area contributed by atoms with Gasteiger partial charge >= 0.3 is 0 Å². The van der Waals surface area contributed by atoms with Crippen molar-refractivity contribution in [2.45, 2.75) is 19.9 Å². The van der Waals surface area contributed by atoms with Crippen LogP contribution in [0.2, 0.25) is 0 Å². The minimum absolute atomic E-state index is 0.0276. The number of nitrogens with zero attached hydrogens (tertiary/aromatic N) is 6. The third-order valence-electron chi connectivity index (χ3n) is 6.18. The van der Waals surface area contributed by atoms with Crippen LogP contribution in [0.3, 0.4) is 0 Å². The lowest BCUT2D eigenvalue weighted by molar-refractivity contribution is 0.0536. The first-order valence-electron chi connectivity index (χ1n) is 10.8. The summed E-state index contributed by atoms with van der Waals surface area (Å²) in [6.07, 6.45) is 2.01. The van der Waals surface area contributed by atoms with Crippen molar-refractivity contribution in [3.8, 4) is 11.1 Å². The number of fused-ring (bicyclic) bond motifs is 1. The van der Waals surface area contributed by atoms with E-state index in [4.69, 9.17) is 0 Å². The fourth-order valence-electron chi connectivity index (χ4n) is 4.25. The molecule has 1 saturated heterocycles. The summed E-state index contributed by atoms with van der Waals surface area (Å²) < 4.78 is 1.83. The van der Waals surface area contributed by atoms with E-state index < -0.39 is 0 Å². The highest BCUT2D eigenvalue weighted by Gasteiger charge is 2.32. The van der Waals surface area contributed by atoms with Crippen LogP contribution in [0, 0.1) is 13.8 Å². The Labute approximate surface area is 187 Å². The van der Waals surface area contributed by atoms with Crippen molar-refractivity contribution in [2.75, 3.05) is 26.7 Å². The van der Waals surface area contributed by atoms with E-state index in [1.165, 1.54) is 5.56 Å². The van der Waals surface area contributed by atoms with Crippen molar-refractivity contribution in [3.05, 3.63) is 83.4 Å². The number of hydrogen-bond donors (Lipinski definition) is 0. The summed E-state index contributed by atoms with van der Waals surface area (Å²) in [4.78, 5) is 21.6. The van der Waals surface area contributed by atoms with Crippen LogP contribution in [0.25, 0.3) is 16.6 Å². The van der Waals surface area contributed by atoms with Crippen LogP contribution in [-0.2, 0) is 0 Å². The molecule has 0 aliphatic carbocycles. The average Bonchev–Trinajstić information content (AvgIpc) is 3.22. The third kappa shape index (κ3) is 3.76. The molecule has 1 aliphatic rings. The van der Waals surface area contributed by atoms with Gasteiger partial charge in [0.2, 0.25) is 0 Å². The molecule has 7 nitrogen and oxygen atoms in total. The maximum absolute atomic E-state index is 13.1. The smallest absolute Gasteiger partial charge is 0.272 e. The highest BCUT2D eigenvalue weighted by atomic mass is 16.2. The molecular weight excluding hydrogens is 400 g/mol. The van der Waals surface area contributed by atoms with Crippen molar-refractivity contribution in [1.29, 1.82) is 0 Å². The SMILES string of the molecule is Cc1ccc(-c2ccc3c([C@H]4CN(C(=O)c5cccc(C)n5)CCN4C)nnn3c2)cc1. The molecule has 0 radical (unpaired) electrons. The Morgan fingerprint density at radius 2 is 1.75 bits per heavy atom. The largest absolute Gasteiger partial charge is 0.334 e. The van der Waals surface area contributed by atoms with Gasteiger partial charge in [-0.3, -0.25) is 9.69 Å². The van der Waals surface area contributed by atoms with E-state index in [1.54, 1.807) is 6.07 Å². The van der Waals surface area contributed by atoms with Gasteiger partial charge in [-0.1, -0.05) is 47.2 Å². The zero-order valence-corrected chi connectivity index (χ0v) is 18.6. The standard InChI is InChI=1S/C25H26N6O/c1-17-7-9-19(10-8-17)20-11-12-22-24(27-28-31(22)15-20)23-16-30(14-13-29(23)3)25(32)21-6-4-5-18(2)26-21/h4-12,15,23H,13-14,16H2,1-3H3/t23-/m1/s1. The Morgan fingerprint density at radius 3 is 2.53 bits per heavy atom. The van der Waals surface area contributed by atoms with Crippen molar-refractivity contribution in [1.82, 2.24) is 29.6 Å². The molecule has 1 atom stereocenters. The summed E-state index contributed by atoms with van der Waals surface area (Å²) in [5.74, 6) is -0.0371. The van der Waals surface area contributed by atoms with Gasteiger partial charge in [0.05, 0.1) is 11.6 Å². The molecule has 0 bridgehead atoms. The van der Waals surface area contributed by atoms with Crippen molar-refractivity contribution < 1.29 is 4.79 Å². The Hall–Kier alpha value is -3.58. The molecule has 4 heterocycles. The van der Waals surface area contributed by atoms with Gasteiger partial charge in [0.1, 0.15) is 11.4 Å². The predicted molar refractivity (Wildman–Crippen MR) is 123 cm³/mol. The fraction of sp³-hybridized carbons (Fsp3) is 0.280. The molecule has 1 aromatic carbocycles. The number of amides is 1. The number of piperazine rings is 1. The maximum Gasteiger partial charge on any atom is 0.272 e. The summed E-state index contributed by atoms with van der Waals surface area (Å²) >= 11 is 0. The molecular formula is C25H26N6O. The number of benzene rings is 1. The second kappa shape index (κ2) is 8.16. The second-order valence-electron chi connectivity index (χ2n) is 8.50. The van der Waals surface area contributed by atoms with E-state index in [2.05, 4.69) is 70.6 Å². The maximum atomic E-state index is 13.1. The normalized spacial score (nSPS) is 17.1. The summed E-state index contributed by atoms with van der Waals surface area (Å²) in [5.41, 5.74) is 6.65. The lowest BCUT2D eigenvalue weighted by Gasteiger charge is -2.38. The molecule has 5 rings (SSSR count). The first kappa shape index (κ1) is 20.3. The second-order valence-corrected chi connectivity index (χ2v) is 8.50. The lowest BCUT2D eigenvalue weighted by atomic mass is 10.0. The lowest BCUT2D eigenvalue weighted by Crippen LogP contribution is -2.49. The van der Waals surface area contributed by atoms with Crippen LogP contribution < -0.4 is 0 Å². The first-order chi connectivity index (χ1) is 15.5. The van der Waals surface area contributed by atoms with E-state index >= 15 is 0 Å². The number of carbonyl (C=O) groups is 1. The number of hydrogen-bond acceptors (Lipinski definition) is 5. The minimum Gasteiger partial charge on any atom is -0.334 e. The summed E-state index contributed by atoms with van der Waals surface area (Å²) in [5, 5.41) is 8.91. The first-order valence-corrected chi connectivity index (χ1v) is 10.8. The highest BCUT2D eigenvalue weighted by molar-refractivity contribution is 5.92. The van der Waals surface area contributed by atoms with Crippen LogP contribution in [0.5, 0.6) is 0 Å². The number of aromatic nitrogens is 4. The number of carbonyl (C=O) groups excluding carboxylic acids is 1. The minimum atomic E-state index is -0.0371. The average molecular weight is 427 g/mol. The van der Waals surface area contributed by atoms with E-state index in [0.717, 1.165) is 34.6 Å². The van der Waals surface area contributed by atoms with Crippen molar-refractivity contribution in [2.24, 2.45) is 0 Å². The van der Waals surface area contributed by atoms with E-state index in [-0.39, 0.29) is 11.9 Å². The summed E-state index contributed by atoms with van der Waals surface area (Å²) in [6.45, 7) is 5.97. The molecule has 4 aromatic rings. The topological polar surface area (TPSA) is 66.6 Å². The van der Waals surface area contributed by atoms with Gasteiger partial charge in [0.25, 0.3) is 5.91 Å². The van der Waals surface area contributed by atoms with E-state index in [1.807, 2.05) is 34.7 Å². The van der Waals surface area contributed by atoms with E-state index in [0.29, 0.717) is 18.8 Å². The molecule has 1 aliphatic heterocycles. The van der Waals surface area contributed by atoms with Crippen molar-refractivity contribution >= 4 is 11.4 Å². The molecule has 0 N–H and O–H groups in total. The Kier molecular flexibility index (Phi) is 5.19. The quantitative estimate of drug-likeness (QED) is 0.501. The molecule has 7 heteroatoms. The van der Waals surface area contributed by atoms with Crippen LogP contribution >= 0.6 is 0 Å². The number of rotatable bonds is 3. The zero-order chi connectivity index (χ0) is 22.2. The molecule has 1 amide bonds. The van der Waals surface area contributed by atoms with Crippen LogP contribution in [0.15, 0.2) is 60.8 Å². The Bertz CT molecular complexity index is 1280. The van der Waals surface area contributed by atoms with E-state index in [9.17, 15) is 4.79 Å². The zero-order valence-electron chi connectivity index (χ0n) is 18.6. The van der Waals surface area contributed by atoms with Crippen LogP contribution in [0.4, 0.5) is 0 Å².